The van der Waals surface area contributed by atoms with Gasteiger partial charge in [-0.2, -0.15) is 0 Å². The van der Waals surface area contributed by atoms with E-state index in [0.717, 1.165) is 16.3 Å². The summed E-state index contributed by atoms with van der Waals surface area (Å²) in [6, 6.07) is 12.8. The Kier molecular flexibility index (Phi) is 3.05. The van der Waals surface area contributed by atoms with Gasteiger partial charge in [-0.15, -0.1) is 0 Å². The Morgan fingerprint density at radius 2 is 1.76 bits per heavy atom. The highest BCUT2D eigenvalue weighted by atomic mass is 16.2. The SMILES string of the molecule is NC(=O)NC(=O)Cc1ccc2ccccc2c1. The van der Waals surface area contributed by atoms with Crippen LogP contribution in [-0.4, -0.2) is 11.9 Å². The quantitative estimate of drug-likeness (QED) is 0.819. The molecular weight excluding hydrogens is 216 g/mol. The smallest absolute Gasteiger partial charge is 0.318 e. The lowest BCUT2D eigenvalue weighted by molar-refractivity contribution is -0.119. The highest BCUT2D eigenvalue weighted by Gasteiger charge is 2.05. The predicted molar refractivity (Wildman–Crippen MR) is 65.4 cm³/mol. The van der Waals surface area contributed by atoms with E-state index in [2.05, 4.69) is 0 Å². The number of rotatable bonds is 2. The van der Waals surface area contributed by atoms with E-state index in [1.165, 1.54) is 0 Å². The Bertz CT molecular complexity index is 578. The van der Waals surface area contributed by atoms with Gasteiger partial charge in [0.2, 0.25) is 5.91 Å². The molecule has 86 valence electrons. The van der Waals surface area contributed by atoms with Crippen LogP contribution >= 0.6 is 0 Å². The summed E-state index contributed by atoms with van der Waals surface area (Å²) in [5, 5.41) is 4.22. The monoisotopic (exact) mass is 228 g/mol. The summed E-state index contributed by atoms with van der Waals surface area (Å²) in [6.45, 7) is 0. The van der Waals surface area contributed by atoms with Crippen LogP contribution in [0.15, 0.2) is 42.5 Å². The average molecular weight is 228 g/mol. The normalized spacial score (nSPS) is 10.1. The number of fused-ring (bicyclic) bond motifs is 1. The molecule has 0 aromatic heterocycles. The second-order valence-corrected chi connectivity index (χ2v) is 3.77. The van der Waals surface area contributed by atoms with Crippen LogP contribution in [0.3, 0.4) is 0 Å². The molecule has 0 radical (unpaired) electrons. The van der Waals surface area contributed by atoms with Gasteiger partial charge in [-0.3, -0.25) is 10.1 Å². The zero-order valence-corrected chi connectivity index (χ0v) is 9.14. The van der Waals surface area contributed by atoms with Gasteiger partial charge in [0.05, 0.1) is 6.42 Å². The molecule has 4 nitrogen and oxygen atoms in total. The van der Waals surface area contributed by atoms with Gasteiger partial charge in [0, 0.05) is 0 Å². The molecule has 0 atom stereocenters. The molecular formula is C13H12N2O2. The van der Waals surface area contributed by atoms with E-state index in [0.29, 0.717) is 0 Å². The first-order valence-electron chi connectivity index (χ1n) is 5.22. The summed E-state index contributed by atoms with van der Waals surface area (Å²) in [5.41, 5.74) is 5.72. The zero-order chi connectivity index (χ0) is 12.3. The van der Waals surface area contributed by atoms with Gasteiger partial charge in [0.25, 0.3) is 0 Å². The van der Waals surface area contributed by atoms with Gasteiger partial charge in [-0.05, 0) is 16.3 Å². The van der Waals surface area contributed by atoms with Gasteiger partial charge in [0.1, 0.15) is 0 Å². The lowest BCUT2D eigenvalue weighted by Crippen LogP contribution is -2.35. The van der Waals surface area contributed by atoms with Crippen LogP contribution in [0.2, 0.25) is 0 Å². The highest BCUT2D eigenvalue weighted by Crippen LogP contribution is 2.15. The number of nitrogens with two attached hydrogens (primary N) is 1. The van der Waals surface area contributed by atoms with E-state index in [1.807, 2.05) is 47.8 Å². The predicted octanol–water partition coefficient (Wildman–Crippen LogP) is 1.58. The number of hydrogen-bond donors (Lipinski definition) is 2. The Morgan fingerprint density at radius 1 is 1.06 bits per heavy atom. The maximum Gasteiger partial charge on any atom is 0.318 e. The van der Waals surface area contributed by atoms with Crippen LogP contribution in [0.4, 0.5) is 4.79 Å². The Labute approximate surface area is 98.4 Å². The van der Waals surface area contributed by atoms with Crippen molar-refractivity contribution in [1.29, 1.82) is 0 Å². The zero-order valence-electron chi connectivity index (χ0n) is 9.14. The van der Waals surface area contributed by atoms with Crippen LogP contribution in [0.5, 0.6) is 0 Å². The van der Waals surface area contributed by atoms with Crippen molar-refractivity contribution in [1.82, 2.24) is 5.32 Å². The van der Waals surface area contributed by atoms with E-state index in [9.17, 15) is 9.59 Å². The second-order valence-electron chi connectivity index (χ2n) is 3.77. The van der Waals surface area contributed by atoms with Crippen molar-refractivity contribution in [2.45, 2.75) is 6.42 Å². The van der Waals surface area contributed by atoms with E-state index in [1.54, 1.807) is 0 Å². The average Bonchev–Trinajstić information content (AvgIpc) is 2.27. The molecule has 0 spiro atoms. The number of benzene rings is 2. The molecule has 2 aromatic rings. The topological polar surface area (TPSA) is 72.2 Å². The van der Waals surface area contributed by atoms with E-state index in [-0.39, 0.29) is 6.42 Å². The first-order chi connectivity index (χ1) is 8.15. The maximum atomic E-state index is 11.3. The lowest BCUT2D eigenvalue weighted by Gasteiger charge is -2.03. The Balaban J connectivity index is 2.19. The number of nitrogens with one attached hydrogen (secondary N) is 1. The van der Waals surface area contributed by atoms with Gasteiger partial charge in [-0.1, -0.05) is 42.5 Å². The minimum Gasteiger partial charge on any atom is -0.351 e. The van der Waals surface area contributed by atoms with Gasteiger partial charge < -0.3 is 5.73 Å². The fourth-order valence-electron chi connectivity index (χ4n) is 1.72. The fourth-order valence-corrected chi connectivity index (χ4v) is 1.72. The minimum absolute atomic E-state index is 0.147. The summed E-state index contributed by atoms with van der Waals surface area (Å²) >= 11 is 0. The lowest BCUT2D eigenvalue weighted by atomic mass is 10.1. The molecule has 0 aliphatic heterocycles. The molecule has 3 N–H and O–H groups in total. The molecule has 0 bridgehead atoms. The second kappa shape index (κ2) is 4.65. The van der Waals surface area contributed by atoms with E-state index in [4.69, 9.17) is 5.73 Å². The summed E-state index contributed by atoms with van der Waals surface area (Å²) in [6.07, 6.45) is 0.147. The summed E-state index contributed by atoms with van der Waals surface area (Å²) in [4.78, 5) is 21.8. The van der Waals surface area contributed by atoms with Crippen molar-refractivity contribution in [3.05, 3.63) is 48.0 Å². The number of urea groups is 1. The van der Waals surface area contributed by atoms with Crippen molar-refractivity contribution in [3.8, 4) is 0 Å². The highest BCUT2D eigenvalue weighted by molar-refractivity contribution is 5.95. The van der Waals surface area contributed by atoms with Crippen LogP contribution in [-0.2, 0) is 11.2 Å². The summed E-state index contributed by atoms with van der Waals surface area (Å²) < 4.78 is 0. The number of amides is 3. The van der Waals surface area contributed by atoms with Crippen molar-refractivity contribution in [3.63, 3.8) is 0 Å². The molecule has 0 fully saturated rings. The van der Waals surface area contributed by atoms with Crippen molar-refractivity contribution < 1.29 is 9.59 Å². The van der Waals surface area contributed by atoms with Crippen molar-refractivity contribution >= 4 is 22.7 Å². The number of primary amides is 1. The molecule has 0 saturated heterocycles. The molecule has 17 heavy (non-hydrogen) atoms. The van der Waals surface area contributed by atoms with E-state index >= 15 is 0 Å². The Hall–Kier alpha value is -2.36. The Morgan fingerprint density at radius 3 is 2.47 bits per heavy atom. The standard InChI is InChI=1S/C13H12N2O2/c14-13(17)15-12(16)8-9-5-6-10-3-1-2-4-11(10)7-9/h1-7H,8H2,(H3,14,15,16,17). The van der Waals surface area contributed by atoms with E-state index < -0.39 is 11.9 Å². The number of carbonyl (C=O) groups is 2. The van der Waals surface area contributed by atoms with Gasteiger partial charge >= 0.3 is 6.03 Å². The van der Waals surface area contributed by atoms with Crippen molar-refractivity contribution in [2.24, 2.45) is 5.73 Å². The molecule has 4 heteroatoms. The molecule has 0 unspecified atom stereocenters. The third-order valence-electron chi connectivity index (χ3n) is 2.44. The third kappa shape index (κ3) is 2.81. The molecule has 0 aliphatic carbocycles. The van der Waals surface area contributed by atoms with Crippen LogP contribution < -0.4 is 11.1 Å². The van der Waals surface area contributed by atoms with Crippen LogP contribution in [0.25, 0.3) is 10.8 Å². The number of carbonyl (C=O) groups excluding carboxylic acids is 2. The molecule has 2 rings (SSSR count). The largest absolute Gasteiger partial charge is 0.351 e. The number of imide groups is 1. The van der Waals surface area contributed by atoms with Crippen LogP contribution in [0.1, 0.15) is 5.56 Å². The first kappa shape index (κ1) is 11.1. The summed E-state index contributed by atoms with van der Waals surface area (Å²) in [7, 11) is 0. The molecule has 0 aliphatic rings. The van der Waals surface area contributed by atoms with Crippen LogP contribution in [0, 0.1) is 0 Å². The fraction of sp³-hybridized carbons (Fsp3) is 0.0769. The molecule has 0 saturated carbocycles. The molecule has 2 aromatic carbocycles. The first-order valence-corrected chi connectivity index (χ1v) is 5.22. The molecule has 0 heterocycles. The third-order valence-corrected chi connectivity index (χ3v) is 2.44. The van der Waals surface area contributed by atoms with Crippen molar-refractivity contribution in [2.75, 3.05) is 0 Å². The molecule has 3 amide bonds. The summed E-state index contributed by atoms with van der Waals surface area (Å²) in [5.74, 6) is -0.396. The minimum atomic E-state index is -0.823. The van der Waals surface area contributed by atoms with Gasteiger partial charge in [-0.25, -0.2) is 4.79 Å². The van der Waals surface area contributed by atoms with Gasteiger partial charge in [0.15, 0.2) is 0 Å². The number of hydrogen-bond acceptors (Lipinski definition) is 2. The maximum absolute atomic E-state index is 11.3.